The van der Waals surface area contributed by atoms with Gasteiger partial charge < -0.3 is 0 Å². The van der Waals surface area contributed by atoms with Crippen molar-refractivity contribution in [2.45, 2.75) is 12.8 Å². The lowest BCUT2D eigenvalue weighted by molar-refractivity contribution is 0.950. The Balaban J connectivity index is 2.05. The molecule has 0 saturated carbocycles. The highest BCUT2D eigenvalue weighted by molar-refractivity contribution is 6.35. The highest BCUT2D eigenvalue weighted by atomic mass is 35.5. The third-order valence-corrected chi connectivity index (χ3v) is 3.01. The Morgan fingerprint density at radius 3 is 2.62 bits per heavy atom. The van der Waals surface area contributed by atoms with E-state index in [-0.39, 0.29) is 0 Å². The smallest absolute Gasteiger partial charge is 0.0452 e. The van der Waals surface area contributed by atoms with Gasteiger partial charge in [0.15, 0.2) is 0 Å². The summed E-state index contributed by atoms with van der Waals surface area (Å²) < 4.78 is 0. The second-order valence-electron chi connectivity index (χ2n) is 3.60. The fourth-order valence-corrected chi connectivity index (χ4v) is 2.05. The zero-order valence-electron chi connectivity index (χ0n) is 8.66. The number of hydrogen-bond donors (Lipinski definition) is 0. The molecule has 0 aliphatic carbocycles. The topological polar surface area (TPSA) is 12.9 Å². The molecule has 1 aromatic heterocycles. The Bertz CT molecular complexity index is 469. The number of nitrogens with zero attached hydrogens (tertiary/aromatic N) is 1. The van der Waals surface area contributed by atoms with Crippen LogP contribution in [0.15, 0.2) is 42.7 Å². The van der Waals surface area contributed by atoms with Crippen LogP contribution >= 0.6 is 23.2 Å². The van der Waals surface area contributed by atoms with E-state index in [1.807, 2.05) is 24.4 Å². The number of benzene rings is 1. The van der Waals surface area contributed by atoms with Crippen LogP contribution in [0, 0.1) is 0 Å². The van der Waals surface area contributed by atoms with Gasteiger partial charge in [-0.15, -0.1) is 0 Å². The maximum atomic E-state index is 6.10. The molecule has 0 amide bonds. The quantitative estimate of drug-likeness (QED) is 0.798. The molecule has 0 atom stereocenters. The van der Waals surface area contributed by atoms with E-state index in [4.69, 9.17) is 23.2 Å². The average Bonchev–Trinajstić information content (AvgIpc) is 2.29. The van der Waals surface area contributed by atoms with E-state index in [1.165, 1.54) is 5.56 Å². The molecule has 0 bridgehead atoms. The van der Waals surface area contributed by atoms with Crippen molar-refractivity contribution in [3.63, 3.8) is 0 Å². The van der Waals surface area contributed by atoms with Crippen LogP contribution in [-0.4, -0.2) is 4.98 Å². The van der Waals surface area contributed by atoms with Gasteiger partial charge in [0.25, 0.3) is 0 Å². The zero-order valence-corrected chi connectivity index (χ0v) is 10.2. The number of pyridine rings is 1. The molecule has 82 valence electrons. The van der Waals surface area contributed by atoms with Crippen LogP contribution in [0.25, 0.3) is 0 Å². The van der Waals surface area contributed by atoms with Crippen molar-refractivity contribution in [3.8, 4) is 0 Å². The number of aryl methyl sites for hydroxylation is 2. The van der Waals surface area contributed by atoms with E-state index in [9.17, 15) is 0 Å². The van der Waals surface area contributed by atoms with Gasteiger partial charge in [-0.1, -0.05) is 35.3 Å². The minimum Gasteiger partial charge on any atom is -0.264 e. The average molecular weight is 252 g/mol. The predicted octanol–water partition coefficient (Wildman–Crippen LogP) is 4.17. The number of rotatable bonds is 3. The standard InChI is InChI=1S/C13H11Cl2N/c14-12-6-5-11(13(15)8-12)4-3-10-2-1-7-16-9-10/h1-2,5-9H,3-4H2. The second-order valence-corrected chi connectivity index (χ2v) is 4.44. The molecular formula is C13H11Cl2N. The van der Waals surface area contributed by atoms with Crippen molar-refractivity contribution in [2.24, 2.45) is 0 Å². The SMILES string of the molecule is Clc1ccc(CCc2cccnc2)c(Cl)c1. The van der Waals surface area contributed by atoms with Crippen molar-refractivity contribution in [2.75, 3.05) is 0 Å². The molecule has 0 saturated heterocycles. The van der Waals surface area contributed by atoms with Gasteiger partial charge in [0.2, 0.25) is 0 Å². The van der Waals surface area contributed by atoms with E-state index in [0.29, 0.717) is 5.02 Å². The first-order valence-electron chi connectivity index (χ1n) is 5.08. The molecule has 1 nitrogen and oxygen atoms in total. The summed E-state index contributed by atoms with van der Waals surface area (Å²) in [6.07, 6.45) is 5.50. The van der Waals surface area contributed by atoms with Gasteiger partial charge in [-0.05, 0) is 42.2 Å². The Hall–Kier alpha value is -1.05. The normalized spacial score (nSPS) is 10.4. The van der Waals surface area contributed by atoms with Gasteiger partial charge in [0.1, 0.15) is 0 Å². The first-order valence-corrected chi connectivity index (χ1v) is 5.84. The van der Waals surface area contributed by atoms with Crippen molar-refractivity contribution < 1.29 is 0 Å². The fourth-order valence-electron chi connectivity index (χ4n) is 1.55. The Kier molecular flexibility index (Phi) is 3.81. The van der Waals surface area contributed by atoms with Crippen LogP contribution in [0.3, 0.4) is 0 Å². The molecule has 1 heterocycles. The van der Waals surface area contributed by atoms with Crippen molar-refractivity contribution in [1.82, 2.24) is 4.98 Å². The molecule has 2 aromatic rings. The summed E-state index contributed by atoms with van der Waals surface area (Å²) in [4.78, 5) is 4.08. The third kappa shape index (κ3) is 2.97. The van der Waals surface area contributed by atoms with Crippen molar-refractivity contribution in [1.29, 1.82) is 0 Å². The molecule has 2 rings (SSSR count). The van der Waals surface area contributed by atoms with Gasteiger partial charge in [-0.25, -0.2) is 0 Å². The van der Waals surface area contributed by atoms with Crippen LogP contribution in [-0.2, 0) is 12.8 Å². The summed E-state index contributed by atoms with van der Waals surface area (Å²) in [5.41, 5.74) is 2.34. The molecule has 0 fully saturated rings. The molecule has 0 N–H and O–H groups in total. The Morgan fingerprint density at radius 1 is 1.06 bits per heavy atom. The van der Waals surface area contributed by atoms with Crippen LogP contribution in [0.1, 0.15) is 11.1 Å². The van der Waals surface area contributed by atoms with E-state index < -0.39 is 0 Å². The first-order chi connectivity index (χ1) is 7.75. The summed E-state index contributed by atoms with van der Waals surface area (Å²) in [7, 11) is 0. The molecular weight excluding hydrogens is 241 g/mol. The zero-order chi connectivity index (χ0) is 11.4. The molecule has 3 heteroatoms. The first kappa shape index (κ1) is 11.4. The predicted molar refractivity (Wildman–Crippen MR) is 68.1 cm³/mol. The lowest BCUT2D eigenvalue weighted by atomic mass is 10.1. The minimum atomic E-state index is 0.676. The summed E-state index contributed by atoms with van der Waals surface area (Å²) >= 11 is 11.9. The second kappa shape index (κ2) is 5.33. The highest BCUT2D eigenvalue weighted by Crippen LogP contribution is 2.22. The summed E-state index contributed by atoms with van der Waals surface area (Å²) in [6.45, 7) is 0. The molecule has 0 aliphatic rings. The van der Waals surface area contributed by atoms with Gasteiger partial charge in [0.05, 0.1) is 0 Å². The molecule has 0 unspecified atom stereocenters. The molecule has 0 spiro atoms. The van der Waals surface area contributed by atoms with E-state index >= 15 is 0 Å². The minimum absolute atomic E-state index is 0.676. The lowest BCUT2D eigenvalue weighted by Gasteiger charge is -2.04. The molecule has 0 aliphatic heterocycles. The fraction of sp³-hybridized carbons (Fsp3) is 0.154. The summed E-state index contributed by atoms with van der Waals surface area (Å²) in [5, 5.41) is 1.41. The van der Waals surface area contributed by atoms with Gasteiger partial charge in [0, 0.05) is 22.4 Å². The number of aromatic nitrogens is 1. The third-order valence-electron chi connectivity index (χ3n) is 2.42. The Morgan fingerprint density at radius 2 is 1.94 bits per heavy atom. The van der Waals surface area contributed by atoms with Crippen LogP contribution in [0.4, 0.5) is 0 Å². The number of hydrogen-bond acceptors (Lipinski definition) is 1. The Labute approximate surface area is 105 Å². The van der Waals surface area contributed by atoms with Gasteiger partial charge in [-0.2, -0.15) is 0 Å². The maximum absolute atomic E-state index is 6.10. The van der Waals surface area contributed by atoms with Crippen LogP contribution in [0.5, 0.6) is 0 Å². The van der Waals surface area contributed by atoms with Crippen molar-refractivity contribution >= 4 is 23.2 Å². The van der Waals surface area contributed by atoms with Gasteiger partial charge in [-0.3, -0.25) is 4.98 Å². The van der Waals surface area contributed by atoms with E-state index in [1.54, 1.807) is 12.3 Å². The summed E-state index contributed by atoms with van der Waals surface area (Å²) in [5.74, 6) is 0. The monoisotopic (exact) mass is 251 g/mol. The largest absolute Gasteiger partial charge is 0.264 e. The van der Waals surface area contributed by atoms with E-state index in [2.05, 4.69) is 11.1 Å². The van der Waals surface area contributed by atoms with E-state index in [0.717, 1.165) is 23.4 Å². The maximum Gasteiger partial charge on any atom is 0.0452 e. The van der Waals surface area contributed by atoms with Crippen LogP contribution in [0.2, 0.25) is 10.0 Å². The van der Waals surface area contributed by atoms with Crippen molar-refractivity contribution in [3.05, 3.63) is 63.9 Å². The molecule has 1 aromatic carbocycles. The van der Waals surface area contributed by atoms with Crippen LogP contribution < -0.4 is 0 Å². The number of halogens is 2. The highest BCUT2D eigenvalue weighted by Gasteiger charge is 2.01. The summed E-state index contributed by atoms with van der Waals surface area (Å²) in [6, 6.07) is 9.63. The van der Waals surface area contributed by atoms with Gasteiger partial charge >= 0.3 is 0 Å². The molecule has 16 heavy (non-hydrogen) atoms. The lowest BCUT2D eigenvalue weighted by Crippen LogP contribution is -1.92. The molecule has 0 radical (unpaired) electrons.